The maximum absolute atomic E-state index is 11.0. The lowest BCUT2D eigenvalue weighted by molar-refractivity contribution is -0.140. The van der Waals surface area contributed by atoms with Crippen LogP contribution in [0.25, 0.3) is 0 Å². The monoisotopic (exact) mass is 266 g/mol. The predicted octanol–water partition coefficient (Wildman–Crippen LogP) is 2.47. The zero-order chi connectivity index (χ0) is 13.5. The molecule has 0 radical (unpaired) electrons. The first-order valence-electron chi connectivity index (χ1n) is 5.96. The summed E-state index contributed by atoms with van der Waals surface area (Å²) in [7, 11) is -4.56. The van der Waals surface area contributed by atoms with Crippen molar-refractivity contribution in [3.63, 3.8) is 0 Å². The highest BCUT2D eigenvalue weighted by atomic mass is 32.2. The Hall–Kier alpha value is -0.620. The van der Waals surface area contributed by atoms with Crippen LogP contribution in [0.15, 0.2) is 0 Å². The molecule has 2 N–H and O–H groups in total. The van der Waals surface area contributed by atoms with E-state index in [9.17, 15) is 13.2 Å². The molecule has 0 aliphatic carbocycles. The molecule has 0 aromatic heterocycles. The third kappa shape index (κ3) is 5.04. The molecule has 6 heteroatoms. The molecule has 0 aliphatic rings. The average Bonchev–Trinajstić information content (AvgIpc) is 2.20. The zero-order valence-electron chi connectivity index (χ0n) is 10.5. The average molecular weight is 266 g/mol. The van der Waals surface area contributed by atoms with Crippen molar-refractivity contribution >= 4 is 16.1 Å². The molecular weight excluding hydrogens is 244 g/mol. The molecule has 0 rings (SSSR count). The Morgan fingerprint density at radius 3 is 2.00 bits per heavy atom. The number of carbonyl (C=O) groups is 1. The van der Waals surface area contributed by atoms with Crippen molar-refractivity contribution in [2.24, 2.45) is 0 Å². The topological polar surface area (TPSA) is 91.7 Å². The molecule has 17 heavy (non-hydrogen) atoms. The minimum Gasteiger partial charge on any atom is -0.480 e. The fraction of sp³-hybridized carbons (Fsp3) is 0.909. The molecule has 0 fully saturated rings. The Morgan fingerprint density at radius 2 is 1.59 bits per heavy atom. The van der Waals surface area contributed by atoms with Crippen LogP contribution in [-0.4, -0.2) is 28.8 Å². The first-order chi connectivity index (χ1) is 7.75. The summed E-state index contributed by atoms with van der Waals surface area (Å²) >= 11 is 0. The Labute approximate surface area is 103 Å². The molecule has 5 nitrogen and oxygen atoms in total. The lowest BCUT2D eigenvalue weighted by Crippen LogP contribution is -2.43. The number of aliphatic carboxylic acids is 1. The molecule has 102 valence electrons. The fourth-order valence-corrected chi connectivity index (χ4v) is 2.21. The van der Waals surface area contributed by atoms with Gasteiger partial charge in [0.15, 0.2) is 4.75 Å². The SMILES string of the molecule is CCCCCCCCC(C)(C(=O)O)S(=O)(=O)O. The maximum atomic E-state index is 11.0. The van der Waals surface area contributed by atoms with E-state index < -0.39 is 20.8 Å². The number of carboxylic acid groups (broad SMARTS) is 1. The number of unbranched alkanes of at least 4 members (excludes halogenated alkanes) is 5. The molecule has 0 amide bonds. The van der Waals surface area contributed by atoms with Crippen molar-refractivity contribution < 1.29 is 22.9 Å². The highest BCUT2D eigenvalue weighted by Crippen LogP contribution is 2.24. The second kappa shape index (κ2) is 6.96. The van der Waals surface area contributed by atoms with Gasteiger partial charge in [-0.25, -0.2) is 0 Å². The Morgan fingerprint density at radius 1 is 1.12 bits per heavy atom. The van der Waals surface area contributed by atoms with Crippen LogP contribution in [0, 0.1) is 0 Å². The second-order valence-corrected chi connectivity index (χ2v) is 6.38. The molecule has 0 bridgehead atoms. The van der Waals surface area contributed by atoms with Gasteiger partial charge in [0, 0.05) is 0 Å². The van der Waals surface area contributed by atoms with E-state index >= 15 is 0 Å². The summed E-state index contributed by atoms with van der Waals surface area (Å²) in [5.74, 6) is -1.49. The highest BCUT2D eigenvalue weighted by Gasteiger charge is 2.45. The molecule has 0 spiro atoms. The normalized spacial score (nSPS) is 15.5. The summed E-state index contributed by atoms with van der Waals surface area (Å²) < 4.78 is 28.9. The van der Waals surface area contributed by atoms with Gasteiger partial charge in [-0.05, 0) is 13.3 Å². The van der Waals surface area contributed by atoms with Crippen molar-refractivity contribution in [2.45, 2.75) is 63.5 Å². The lowest BCUT2D eigenvalue weighted by Gasteiger charge is -2.20. The maximum Gasteiger partial charge on any atom is 0.327 e. The summed E-state index contributed by atoms with van der Waals surface area (Å²) in [6.45, 7) is 3.15. The van der Waals surface area contributed by atoms with Crippen molar-refractivity contribution in [3.8, 4) is 0 Å². The van der Waals surface area contributed by atoms with Crippen molar-refractivity contribution in [1.82, 2.24) is 0 Å². The van der Waals surface area contributed by atoms with Crippen molar-refractivity contribution in [1.29, 1.82) is 0 Å². The standard InChI is InChI=1S/C11H22O5S/c1-3-4-5-6-7-8-9-11(2,10(12)13)17(14,15)16/h3-9H2,1-2H3,(H,12,13)(H,14,15,16). The van der Waals surface area contributed by atoms with Gasteiger partial charge in [0.2, 0.25) is 0 Å². The van der Waals surface area contributed by atoms with Crippen LogP contribution < -0.4 is 0 Å². The van der Waals surface area contributed by atoms with Gasteiger partial charge in [0.05, 0.1) is 0 Å². The zero-order valence-corrected chi connectivity index (χ0v) is 11.3. The molecule has 1 atom stereocenters. The van der Waals surface area contributed by atoms with Crippen LogP contribution in [0.2, 0.25) is 0 Å². The number of hydrogen-bond donors (Lipinski definition) is 2. The third-order valence-electron chi connectivity index (χ3n) is 3.03. The summed E-state index contributed by atoms with van der Waals surface area (Å²) in [6, 6.07) is 0. The van der Waals surface area contributed by atoms with E-state index in [4.69, 9.17) is 9.66 Å². The third-order valence-corrected chi connectivity index (χ3v) is 4.55. The molecule has 0 saturated heterocycles. The second-order valence-electron chi connectivity index (χ2n) is 4.53. The molecule has 0 saturated carbocycles. The Bertz CT molecular complexity index is 336. The lowest BCUT2D eigenvalue weighted by atomic mass is 10.0. The number of rotatable bonds is 9. The number of carboxylic acids is 1. The van der Waals surface area contributed by atoms with Gasteiger partial charge in [-0.3, -0.25) is 9.35 Å². The van der Waals surface area contributed by atoms with Gasteiger partial charge >= 0.3 is 5.97 Å². The highest BCUT2D eigenvalue weighted by molar-refractivity contribution is 7.88. The van der Waals surface area contributed by atoms with Gasteiger partial charge in [0.1, 0.15) is 0 Å². The Kier molecular flexibility index (Phi) is 6.70. The number of hydrogen-bond acceptors (Lipinski definition) is 3. The van der Waals surface area contributed by atoms with Crippen LogP contribution in [0.3, 0.4) is 0 Å². The van der Waals surface area contributed by atoms with E-state index in [1.54, 1.807) is 0 Å². The van der Waals surface area contributed by atoms with Crippen molar-refractivity contribution in [2.75, 3.05) is 0 Å². The molecule has 0 heterocycles. The smallest absolute Gasteiger partial charge is 0.327 e. The molecule has 0 aromatic rings. The van der Waals surface area contributed by atoms with Crippen LogP contribution in [0.5, 0.6) is 0 Å². The van der Waals surface area contributed by atoms with Crippen LogP contribution in [-0.2, 0) is 14.9 Å². The summed E-state index contributed by atoms with van der Waals surface area (Å²) in [5, 5.41) is 8.87. The summed E-state index contributed by atoms with van der Waals surface area (Å²) in [5.41, 5.74) is 0. The largest absolute Gasteiger partial charge is 0.480 e. The summed E-state index contributed by atoms with van der Waals surface area (Å²) in [6.07, 6.45) is 5.53. The van der Waals surface area contributed by atoms with Crippen LogP contribution >= 0.6 is 0 Å². The molecule has 1 unspecified atom stereocenters. The minimum absolute atomic E-state index is 0.0483. The van der Waals surface area contributed by atoms with Gasteiger partial charge in [-0.15, -0.1) is 0 Å². The summed E-state index contributed by atoms with van der Waals surface area (Å²) in [4.78, 5) is 10.9. The van der Waals surface area contributed by atoms with E-state index in [0.717, 1.165) is 39.0 Å². The van der Waals surface area contributed by atoms with Crippen LogP contribution in [0.1, 0.15) is 58.8 Å². The quantitative estimate of drug-likeness (QED) is 0.494. The first-order valence-corrected chi connectivity index (χ1v) is 7.40. The van der Waals surface area contributed by atoms with E-state index in [-0.39, 0.29) is 6.42 Å². The van der Waals surface area contributed by atoms with Crippen molar-refractivity contribution in [3.05, 3.63) is 0 Å². The Balaban J connectivity index is 4.18. The molecule has 0 aliphatic heterocycles. The van der Waals surface area contributed by atoms with Gasteiger partial charge in [-0.2, -0.15) is 8.42 Å². The first kappa shape index (κ1) is 16.4. The van der Waals surface area contributed by atoms with Gasteiger partial charge in [0.25, 0.3) is 10.1 Å². The van der Waals surface area contributed by atoms with Crippen LogP contribution in [0.4, 0.5) is 0 Å². The molecule has 0 aromatic carbocycles. The van der Waals surface area contributed by atoms with E-state index in [2.05, 4.69) is 6.92 Å². The minimum atomic E-state index is -4.56. The van der Waals surface area contributed by atoms with Gasteiger partial charge in [-0.1, -0.05) is 45.4 Å². The molecular formula is C11H22O5S. The van der Waals surface area contributed by atoms with E-state index in [0.29, 0.717) is 6.42 Å². The van der Waals surface area contributed by atoms with E-state index in [1.165, 1.54) is 0 Å². The van der Waals surface area contributed by atoms with E-state index in [1.807, 2.05) is 0 Å². The fourth-order valence-electron chi connectivity index (χ4n) is 1.59. The predicted molar refractivity (Wildman–Crippen MR) is 65.6 cm³/mol. The van der Waals surface area contributed by atoms with Gasteiger partial charge < -0.3 is 5.11 Å².